The van der Waals surface area contributed by atoms with Gasteiger partial charge in [-0.15, -0.1) is 10.1 Å². The van der Waals surface area contributed by atoms with Gasteiger partial charge >= 0.3 is 0 Å². The maximum absolute atomic E-state index is 11.7. The zero-order valence-corrected chi connectivity index (χ0v) is 12.9. The summed E-state index contributed by atoms with van der Waals surface area (Å²) in [6.45, 7) is 2.92. The molecule has 0 aromatic heterocycles. The fraction of sp³-hybridized carbons (Fsp3) is 0.533. The van der Waals surface area contributed by atoms with E-state index in [1.165, 1.54) is 0 Å². The summed E-state index contributed by atoms with van der Waals surface area (Å²) >= 11 is 0. The first-order chi connectivity index (χ1) is 11.0. The normalized spacial score (nSPS) is 14.0. The minimum atomic E-state index is -0.859. The monoisotopic (exact) mass is 324 g/mol. The van der Waals surface area contributed by atoms with E-state index in [2.05, 4.69) is 10.2 Å². The fourth-order valence-corrected chi connectivity index (χ4v) is 2.34. The largest absolute Gasteiger partial charge is 0.486 e. The van der Waals surface area contributed by atoms with Crippen molar-refractivity contribution in [2.45, 2.75) is 32.2 Å². The average molecular weight is 324 g/mol. The minimum absolute atomic E-state index is 0.0542. The van der Waals surface area contributed by atoms with Gasteiger partial charge in [-0.25, -0.2) is 0 Å². The van der Waals surface area contributed by atoms with Crippen molar-refractivity contribution in [3.63, 3.8) is 0 Å². The molecule has 2 rings (SSSR count). The highest BCUT2D eigenvalue weighted by Gasteiger charge is 2.14. The Kier molecular flexibility index (Phi) is 6.02. The summed E-state index contributed by atoms with van der Waals surface area (Å²) in [5.74, 6) is 1.31. The average Bonchev–Trinajstić information content (AvgIpc) is 2.51. The van der Waals surface area contributed by atoms with Gasteiger partial charge in [-0.05, 0) is 37.5 Å². The Morgan fingerprint density at radius 2 is 2.13 bits per heavy atom. The Balaban J connectivity index is 1.74. The predicted octanol–water partition coefficient (Wildman–Crippen LogP) is 1.49. The third kappa shape index (κ3) is 5.65. The summed E-state index contributed by atoms with van der Waals surface area (Å²) in [6.07, 6.45) is 1.16. The van der Waals surface area contributed by atoms with Crippen LogP contribution in [0.2, 0.25) is 0 Å². The topological polar surface area (TPSA) is 99.9 Å². The van der Waals surface area contributed by atoms with Crippen molar-refractivity contribution < 1.29 is 24.2 Å². The van der Waals surface area contributed by atoms with Crippen LogP contribution in [0.4, 0.5) is 0 Å². The summed E-state index contributed by atoms with van der Waals surface area (Å²) < 4.78 is 11.0. The van der Waals surface area contributed by atoms with Crippen LogP contribution in [-0.2, 0) is 16.1 Å². The molecule has 1 heterocycles. The summed E-state index contributed by atoms with van der Waals surface area (Å²) in [5, 5.41) is 12.0. The smallest absolute Gasteiger partial charge is 0.294 e. The minimum Gasteiger partial charge on any atom is -0.486 e. The van der Waals surface area contributed by atoms with E-state index in [1.54, 1.807) is 0 Å². The molecule has 0 saturated carbocycles. The van der Waals surface area contributed by atoms with Gasteiger partial charge in [0.15, 0.2) is 11.5 Å². The van der Waals surface area contributed by atoms with E-state index < -0.39 is 5.09 Å². The number of nitrogens with one attached hydrogen (secondary N) is 1. The molecule has 0 bridgehead atoms. The van der Waals surface area contributed by atoms with E-state index in [4.69, 9.17) is 9.47 Å². The molecule has 0 fully saturated rings. The molecular formula is C15H20N2O6. The van der Waals surface area contributed by atoms with E-state index >= 15 is 0 Å². The Bertz CT molecular complexity index is 563. The number of carbonyl (C=O) groups excluding carboxylic acids is 1. The first kappa shape index (κ1) is 16.9. The lowest BCUT2D eigenvalue weighted by Gasteiger charge is -2.20. The third-order valence-corrected chi connectivity index (χ3v) is 3.30. The SMILES string of the molecule is CC(Cc1ccc2c(c1)OCCO2)NC(=O)CCCO[N+](=O)[O-]. The second-order valence-electron chi connectivity index (χ2n) is 5.31. The first-order valence-electron chi connectivity index (χ1n) is 7.50. The maximum Gasteiger partial charge on any atom is 0.294 e. The van der Waals surface area contributed by atoms with Gasteiger partial charge in [0.05, 0.1) is 6.61 Å². The fourth-order valence-electron chi connectivity index (χ4n) is 2.34. The lowest BCUT2D eigenvalue weighted by molar-refractivity contribution is -0.757. The van der Waals surface area contributed by atoms with E-state index in [0.29, 0.717) is 26.1 Å². The van der Waals surface area contributed by atoms with Gasteiger partial charge in [-0.2, -0.15) is 0 Å². The molecule has 0 aliphatic carbocycles. The van der Waals surface area contributed by atoms with E-state index in [1.807, 2.05) is 25.1 Å². The lowest BCUT2D eigenvalue weighted by Crippen LogP contribution is -2.34. The molecule has 8 heteroatoms. The van der Waals surface area contributed by atoms with Gasteiger partial charge in [0.25, 0.3) is 5.09 Å². The van der Waals surface area contributed by atoms with Crippen LogP contribution in [0.5, 0.6) is 11.5 Å². The van der Waals surface area contributed by atoms with Gasteiger partial charge in [0, 0.05) is 12.5 Å². The summed E-state index contributed by atoms with van der Waals surface area (Å²) in [7, 11) is 0. The Morgan fingerprint density at radius 1 is 1.39 bits per heavy atom. The van der Waals surface area contributed by atoms with Crippen LogP contribution in [0.3, 0.4) is 0 Å². The second-order valence-corrected chi connectivity index (χ2v) is 5.31. The summed E-state index contributed by atoms with van der Waals surface area (Å²) in [4.78, 5) is 25.9. The molecule has 0 spiro atoms. The first-order valence-corrected chi connectivity index (χ1v) is 7.50. The molecule has 1 aliphatic rings. The maximum atomic E-state index is 11.7. The van der Waals surface area contributed by atoms with Gasteiger partial charge < -0.3 is 19.6 Å². The standard InChI is InChI=1S/C15H20N2O6/c1-11(16-15(18)3-2-6-23-17(19)20)9-12-4-5-13-14(10-12)22-8-7-21-13/h4-5,10-11H,2-3,6-9H2,1H3,(H,16,18). The summed E-state index contributed by atoms with van der Waals surface area (Å²) in [6, 6.07) is 5.68. The van der Waals surface area contributed by atoms with Gasteiger partial charge in [0.2, 0.25) is 5.91 Å². The molecule has 23 heavy (non-hydrogen) atoms. The zero-order chi connectivity index (χ0) is 16.7. The van der Waals surface area contributed by atoms with Gasteiger partial charge in [0.1, 0.15) is 13.2 Å². The number of rotatable bonds is 8. The third-order valence-electron chi connectivity index (χ3n) is 3.30. The molecule has 1 aromatic carbocycles. The van der Waals surface area contributed by atoms with E-state index in [9.17, 15) is 14.9 Å². The molecule has 0 saturated heterocycles. The van der Waals surface area contributed by atoms with Crippen molar-refractivity contribution in [2.24, 2.45) is 0 Å². The molecular weight excluding hydrogens is 304 g/mol. The number of hydrogen-bond donors (Lipinski definition) is 1. The van der Waals surface area contributed by atoms with E-state index in [-0.39, 0.29) is 25.0 Å². The van der Waals surface area contributed by atoms with Crippen LogP contribution in [0.15, 0.2) is 18.2 Å². The lowest BCUT2D eigenvalue weighted by atomic mass is 10.1. The Labute approximate surface area is 133 Å². The van der Waals surface area contributed by atoms with E-state index in [0.717, 1.165) is 17.1 Å². The van der Waals surface area contributed by atoms with Crippen LogP contribution in [0, 0.1) is 10.1 Å². The van der Waals surface area contributed by atoms with Crippen molar-refractivity contribution in [2.75, 3.05) is 19.8 Å². The quantitative estimate of drug-likeness (QED) is 0.442. The van der Waals surface area contributed by atoms with Crippen LogP contribution in [0.25, 0.3) is 0 Å². The molecule has 1 atom stereocenters. The predicted molar refractivity (Wildman–Crippen MR) is 80.9 cm³/mol. The molecule has 1 aromatic rings. The van der Waals surface area contributed by atoms with Crippen LogP contribution in [-0.4, -0.2) is 36.9 Å². The molecule has 1 N–H and O–H groups in total. The van der Waals surface area contributed by atoms with Gasteiger partial charge in [-0.3, -0.25) is 4.79 Å². The van der Waals surface area contributed by atoms with Crippen molar-refractivity contribution >= 4 is 5.91 Å². The number of nitrogens with zero attached hydrogens (tertiary/aromatic N) is 1. The van der Waals surface area contributed by atoms with Crippen molar-refractivity contribution in [3.05, 3.63) is 33.9 Å². The Morgan fingerprint density at radius 3 is 2.87 bits per heavy atom. The molecule has 126 valence electrons. The number of ether oxygens (including phenoxy) is 2. The van der Waals surface area contributed by atoms with Gasteiger partial charge in [-0.1, -0.05) is 6.07 Å². The molecule has 1 unspecified atom stereocenters. The Hall–Kier alpha value is -2.51. The highest BCUT2D eigenvalue weighted by atomic mass is 16.9. The molecule has 1 aliphatic heterocycles. The molecule has 8 nitrogen and oxygen atoms in total. The van der Waals surface area contributed by atoms with Crippen molar-refractivity contribution in [1.29, 1.82) is 0 Å². The second kappa shape index (κ2) is 8.21. The highest BCUT2D eigenvalue weighted by molar-refractivity contribution is 5.76. The number of fused-ring (bicyclic) bond motifs is 1. The number of hydrogen-bond acceptors (Lipinski definition) is 6. The highest BCUT2D eigenvalue weighted by Crippen LogP contribution is 2.31. The summed E-state index contributed by atoms with van der Waals surface area (Å²) in [5.41, 5.74) is 1.04. The number of amides is 1. The van der Waals surface area contributed by atoms with Crippen LogP contribution in [0.1, 0.15) is 25.3 Å². The van der Waals surface area contributed by atoms with Crippen molar-refractivity contribution in [3.8, 4) is 11.5 Å². The zero-order valence-electron chi connectivity index (χ0n) is 12.9. The number of carbonyl (C=O) groups is 1. The van der Waals surface area contributed by atoms with Crippen molar-refractivity contribution in [1.82, 2.24) is 5.32 Å². The number of benzene rings is 1. The molecule has 0 radical (unpaired) electrons. The van der Waals surface area contributed by atoms with Crippen LogP contribution < -0.4 is 14.8 Å². The molecule has 1 amide bonds. The van der Waals surface area contributed by atoms with Crippen LogP contribution >= 0.6 is 0 Å².